The molecule has 0 spiro atoms. The zero-order valence-electron chi connectivity index (χ0n) is 13.9. The van der Waals surface area contributed by atoms with Crippen LogP contribution in [0.25, 0.3) is 6.08 Å². The fourth-order valence-electron chi connectivity index (χ4n) is 2.40. The molecular formula is C20H13ClINO3S. The van der Waals surface area contributed by atoms with E-state index in [0.717, 1.165) is 26.5 Å². The van der Waals surface area contributed by atoms with Gasteiger partial charge in [-0.15, -0.1) is 6.42 Å². The molecular weight excluding hydrogens is 497 g/mol. The highest BCUT2D eigenvalue weighted by atomic mass is 127. The van der Waals surface area contributed by atoms with E-state index in [4.69, 9.17) is 22.8 Å². The lowest BCUT2D eigenvalue weighted by atomic mass is 10.2. The molecule has 2 amide bonds. The van der Waals surface area contributed by atoms with Crippen LogP contribution in [0.3, 0.4) is 0 Å². The molecule has 27 heavy (non-hydrogen) atoms. The number of hydrogen-bond donors (Lipinski definition) is 0. The van der Waals surface area contributed by atoms with Gasteiger partial charge in [-0.3, -0.25) is 14.5 Å². The second kappa shape index (κ2) is 8.83. The molecule has 0 bridgehead atoms. The molecule has 1 saturated heterocycles. The summed E-state index contributed by atoms with van der Waals surface area (Å²) in [7, 11) is 0. The van der Waals surface area contributed by atoms with Crippen molar-refractivity contribution in [3.8, 4) is 18.1 Å². The van der Waals surface area contributed by atoms with Crippen LogP contribution >= 0.6 is 46.0 Å². The summed E-state index contributed by atoms with van der Waals surface area (Å²) in [6.45, 7) is 0.411. The van der Waals surface area contributed by atoms with Crippen molar-refractivity contribution in [3.05, 3.63) is 67.1 Å². The van der Waals surface area contributed by atoms with Crippen molar-refractivity contribution in [2.24, 2.45) is 0 Å². The molecule has 1 aliphatic heterocycles. The van der Waals surface area contributed by atoms with Crippen molar-refractivity contribution in [2.75, 3.05) is 6.61 Å². The van der Waals surface area contributed by atoms with Crippen LogP contribution in [0.1, 0.15) is 11.1 Å². The van der Waals surface area contributed by atoms with Crippen LogP contribution in [-0.2, 0) is 11.3 Å². The van der Waals surface area contributed by atoms with E-state index in [1.165, 1.54) is 4.90 Å². The summed E-state index contributed by atoms with van der Waals surface area (Å²) >= 11 is 8.95. The highest BCUT2D eigenvalue weighted by molar-refractivity contribution is 14.1. The third-order valence-electron chi connectivity index (χ3n) is 3.69. The van der Waals surface area contributed by atoms with Crippen LogP contribution in [0, 0.1) is 15.9 Å². The van der Waals surface area contributed by atoms with Crippen molar-refractivity contribution < 1.29 is 14.3 Å². The number of thioether (sulfide) groups is 1. The van der Waals surface area contributed by atoms with E-state index >= 15 is 0 Å². The predicted octanol–water partition coefficient (Wildman–Crippen LogP) is 5.19. The molecule has 2 aromatic rings. The molecule has 0 N–H and O–H groups in total. The lowest BCUT2D eigenvalue weighted by Crippen LogP contribution is -2.27. The van der Waals surface area contributed by atoms with Crippen molar-refractivity contribution in [1.29, 1.82) is 0 Å². The highest BCUT2D eigenvalue weighted by Gasteiger charge is 2.34. The number of amides is 2. The molecule has 0 aromatic heterocycles. The minimum atomic E-state index is -0.303. The van der Waals surface area contributed by atoms with Gasteiger partial charge in [0, 0.05) is 5.02 Å². The Labute approximate surface area is 180 Å². The van der Waals surface area contributed by atoms with E-state index in [1.54, 1.807) is 36.4 Å². The Bertz CT molecular complexity index is 966. The number of nitrogens with zero attached hydrogens (tertiary/aromatic N) is 1. The Morgan fingerprint density at radius 2 is 1.96 bits per heavy atom. The molecule has 7 heteroatoms. The second-order valence-electron chi connectivity index (χ2n) is 5.58. The van der Waals surface area contributed by atoms with Crippen molar-refractivity contribution in [2.45, 2.75) is 6.54 Å². The van der Waals surface area contributed by atoms with Crippen molar-refractivity contribution in [3.63, 3.8) is 0 Å². The Morgan fingerprint density at radius 1 is 1.22 bits per heavy atom. The minimum absolute atomic E-state index is 0.193. The Balaban J connectivity index is 1.76. The number of carbonyl (C=O) groups is 2. The zero-order valence-corrected chi connectivity index (χ0v) is 17.7. The molecule has 0 radical (unpaired) electrons. The van der Waals surface area contributed by atoms with Gasteiger partial charge in [0.1, 0.15) is 12.4 Å². The zero-order chi connectivity index (χ0) is 19.4. The van der Waals surface area contributed by atoms with Gasteiger partial charge < -0.3 is 4.74 Å². The number of terminal acetylenes is 1. The van der Waals surface area contributed by atoms with Gasteiger partial charge in [0.2, 0.25) is 0 Å². The summed E-state index contributed by atoms with van der Waals surface area (Å²) in [5.74, 6) is 2.80. The van der Waals surface area contributed by atoms with Crippen LogP contribution in [-0.4, -0.2) is 22.7 Å². The molecule has 0 unspecified atom stereocenters. The van der Waals surface area contributed by atoms with Gasteiger partial charge >= 0.3 is 0 Å². The second-order valence-corrected chi connectivity index (χ2v) is 8.17. The molecule has 2 aromatic carbocycles. The molecule has 0 aliphatic carbocycles. The number of halogens is 2. The summed E-state index contributed by atoms with van der Waals surface area (Å²) < 4.78 is 6.30. The first-order valence-corrected chi connectivity index (χ1v) is 10.1. The van der Waals surface area contributed by atoms with Crippen LogP contribution in [0.15, 0.2) is 47.4 Å². The van der Waals surface area contributed by atoms with E-state index in [9.17, 15) is 9.59 Å². The minimum Gasteiger partial charge on any atom is -0.480 e. The molecule has 136 valence electrons. The standard InChI is InChI=1S/C20H13ClINO3S/c1-2-9-26-17-8-5-14(10-16(17)22)11-18-19(24)23(20(25)27-18)12-13-3-6-15(21)7-4-13/h1,3-8,10-11H,9,12H2/b18-11-. The first-order chi connectivity index (χ1) is 13.0. The van der Waals surface area contributed by atoms with Gasteiger partial charge in [0.05, 0.1) is 15.0 Å². The smallest absolute Gasteiger partial charge is 0.293 e. The number of carbonyl (C=O) groups excluding carboxylic acids is 2. The summed E-state index contributed by atoms with van der Waals surface area (Å²) in [4.78, 5) is 26.5. The third-order valence-corrected chi connectivity index (χ3v) is 5.69. The Morgan fingerprint density at radius 3 is 2.63 bits per heavy atom. The number of benzene rings is 2. The topological polar surface area (TPSA) is 46.6 Å². The molecule has 0 atom stereocenters. The van der Waals surface area contributed by atoms with Crippen LogP contribution in [0.2, 0.25) is 5.02 Å². The molecule has 1 fully saturated rings. The fraction of sp³-hybridized carbons (Fsp3) is 0.100. The summed E-state index contributed by atoms with van der Waals surface area (Å²) in [5.41, 5.74) is 1.65. The van der Waals surface area contributed by atoms with Gasteiger partial charge in [0.25, 0.3) is 11.1 Å². The van der Waals surface area contributed by atoms with Crippen LogP contribution in [0.5, 0.6) is 5.75 Å². The lowest BCUT2D eigenvalue weighted by molar-refractivity contribution is -0.123. The number of imide groups is 1. The molecule has 1 heterocycles. The van der Waals surface area contributed by atoms with Gasteiger partial charge in [-0.25, -0.2) is 0 Å². The monoisotopic (exact) mass is 509 g/mol. The van der Waals surface area contributed by atoms with Gasteiger partial charge in [-0.2, -0.15) is 0 Å². The van der Waals surface area contributed by atoms with Crippen LogP contribution < -0.4 is 4.74 Å². The van der Waals surface area contributed by atoms with Gasteiger partial charge in [-0.05, 0) is 75.8 Å². The SMILES string of the molecule is C#CCOc1ccc(/C=C2\SC(=O)N(Cc3ccc(Cl)cc3)C2=O)cc1I. The van der Waals surface area contributed by atoms with Gasteiger partial charge in [0.15, 0.2) is 0 Å². The quantitative estimate of drug-likeness (QED) is 0.316. The maximum absolute atomic E-state index is 12.6. The van der Waals surface area contributed by atoms with E-state index in [-0.39, 0.29) is 24.3 Å². The summed E-state index contributed by atoms with van der Waals surface area (Å²) in [6.07, 6.45) is 6.91. The largest absolute Gasteiger partial charge is 0.480 e. The predicted molar refractivity (Wildman–Crippen MR) is 116 cm³/mol. The Hall–Kier alpha value is -1.95. The van der Waals surface area contributed by atoms with E-state index < -0.39 is 0 Å². The lowest BCUT2D eigenvalue weighted by Gasteiger charge is -2.12. The molecule has 1 aliphatic rings. The Kier molecular flexibility index (Phi) is 6.47. The molecule has 0 saturated carbocycles. The maximum Gasteiger partial charge on any atom is 0.293 e. The van der Waals surface area contributed by atoms with E-state index in [2.05, 4.69) is 28.5 Å². The van der Waals surface area contributed by atoms with Crippen molar-refractivity contribution in [1.82, 2.24) is 4.90 Å². The first-order valence-electron chi connectivity index (χ1n) is 7.83. The summed E-state index contributed by atoms with van der Waals surface area (Å²) in [5, 5.41) is 0.321. The molecule has 3 rings (SSSR count). The van der Waals surface area contributed by atoms with E-state index in [1.807, 2.05) is 12.1 Å². The van der Waals surface area contributed by atoms with Gasteiger partial charge in [-0.1, -0.05) is 35.7 Å². The summed E-state index contributed by atoms with van der Waals surface area (Å²) in [6, 6.07) is 12.6. The number of ether oxygens (including phenoxy) is 1. The van der Waals surface area contributed by atoms with Crippen LogP contribution in [0.4, 0.5) is 4.79 Å². The first kappa shape index (κ1) is 19.8. The molecule has 4 nitrogen and oxygen atoms in total. The number of hydrogen-bond acceptors (Lipinski definition) is 4. The van der Waals surface area contributed by atoms with Crippen molar-refractivity contribution >= 4 is 63.2 Å². The fourth-order valence-corrected chi connectivity index (χ4v) is 4.06. The third kappa shape index (κ3) is 4.86. The average molecular weight is 510 g/mol. The maximum atomic E-state index is 12.6. The van der Waals surface area contributed by atoms with E-state index in [0.29, 0.717) is 15.7 Å². The normalized spacial score (nSPS) is 15.3. The average Bonchev–Trinajstić information content (AvgIpc) is 2.90. The number of rotatable bonds is 5. The highest BCUT2D eigenvalue weighted by Crippen LogP contribution is 2.34.